The smallest absolute Gasteiger partial charge is 0.161 e. The molecule has 3 N–H and O–H groups in total. The highest BCUT2D eigenvalue weighted by molar-refractivity contribution is 5.78. The maximum atomic E-state index is 5.42. The summed E-state index contributed by atoms with van der Waals surface area (Å²) in [6, 6.07) is 51.5. The molecule has 6 heterocycles. The molecule has 0 radical (unpaired) electrons. The Bertz CT molecular complexity index is 1930. The number of aromatic nitrogens is 1. The van der Waals surface area contributed by atoms with Gasteiger partial charge in [-0.25, -0.2) is 0 Å². The third kappa shape index (κ3) is 16.1. The van der Waals surface area contributed by atoms with Crippen molar-refractivity contribution >= 4 is 22.3 Å². The first-order chi connectivity index (χ1) is 28.8. The fourth-order valence-corrected chi connectivity index (χ4v) is 7.23. The Hall–Kier alpha value is -6.34. The number of aryl methyl sites for hydroxylation is 3. The van der Waals surface area contributed by atoms with Gasteiger partial charge in [-0.1, -0.05) is 140 Å². The lowest BCUT2D eigenvalue weighted by Crippen LogP contribution is -2.14. The molecule has 0 saturated heterocycles. The lowest BCUT2D eigenvalue weighted by molar-refractivity contribution is 0.171. The lowest BCUT2D eigenvalue weighted by atomic mass is 10.0. The minimum atomic E-state index is 0. The van der Waals surface area contributed by atoms with Gasteiger partial charge in [-0.15, -0.1) is 0 Å². The second kappa shape index (κ2) is 29.1. The SMILES string of the molecule is C.C.C.C.C.c1ccc2[nH]ccc2c1.c1ccc2c(c1)CCCN2.c1ccc2c(c1)CCCN2.c1ccc2c(c1)CCCO2.c1ccc2c(c1)CCO2.c1ccc2c(c1)OCCO2. The van der Waals surface area contributed by atoms with Crippen LogP contribution in [0.2, 0.25) is 0 Å². The zero-order valence-corrected chi connectivity index (χ0v) is 33.3. The fourth-order valence-electron chi connectivity index (χ4n) is 7.23. The highest BCUT2D eigenvalue weighted by Gasteiger charge is 2.10. The summed E-state index contributed by atoms with van der Waals surface area (Å²) in [5, 5.41) is 8.00. The van der Waals surface area contributed by atoms with E-state index in [9.17, 15) is 0 Å². The Morgan fingerprint density at radius 2 is 0.746 bits per heavy atom. The minimum Gasteiger partial charge on any atom is -0.493 e. The Morgan fingerprint density at radius 3 is 1.25 bits per heavy atom. The summed E-state index contributed by atoms with van der Waals surface area (Å²) < 4.78 is 21.3. The van der Waals surface area contributed by atoms with Crippen LogP contribution in [0.25, 0.3) is 10.9 Å². The van der Waals surface area contributed by atoms with Crippen molar-refractivity contribution in [3.05, 3.63) is 180 Å². The maximum absolute atomic E-state index is 5.42. The van der Waals surface area contributed by atoms with Gasteiger partial charge in [-0.2, -0.15) is 0 Å². The van der Waals surface area contributed by atoms with E-state index in [1.165, 1.54) is 76.6 Å². The number of para-hydroxylation sites is 7. The summed E-state index contributed by atoms with van der Waals surface area (Å²) in [6.45, 7) is 5.35. The second-order valence-electron chi connectivity index (χ2n) is 14.3. The highest BCUT2D eigenvalue weighted by atomic mass is 16.6. The van der Waals surface area contributed by atoms with Crippen molar-refractivity contribution in [1.29, 1.82) is 0 Å². The molecule has 1 aromatic heterocycles. The normalized spacial score (nSPS) is 13.3. The summed E-state index contributed by atoms with van der Waals surface area (Å²) >= 11 is 0. The fraction of sp³-hybridized carbons (Fsp3) is 0.321. The van der Waals surface area contributed by atoms with E-state index in [0.29, 0.717) is 13.2 Å². The number of hydrogen-bond donors (Lipinski definition) is 3. The number of aromatic amines is 1. The number of fused-ring (bicyclic) bond motifs is 6. The van der Waals surface area contributed by atoms with E-state index < -0.39 is 0 Å². The molecular formula is C56H75N3O4. The average molecular weight is 854 g/mol. The molecule has 5 aliphatic rings. The Labute approximate surface area is 380 Å². The third-order valence-electron chi connectivity index (χ3n) is 10.2. The van der Waals surface area contributed by atoms with Gasteiger partial charge < -0.3 is 34.6 Å². The number of rotatable bonds is 0. The molecule has 7 aromatic rings. The van der Waals surface area contributed by atoms with Crippen LogP contribution < -0.4 is 29.6 Å². The molecule has 7 heteroatoms. The quantitative estimate of drug-likeness (QED) is 0.141. The molecule has 0 saturated carbocycles. The van der Waals surface area contributed by atoms with E-state index in [2.05, 4.69) is 101 Å². The van der Waals surface area contributed by atoms with Gasteiger partial charge in [0.2, 0.25) is 0 Å². The van der Waals surface area contributed by atoms with Crippen molar-refractivity contribution in [2.75, 3.05) is 50.2 Å². The Morgan fingerprint density at radius 1 is 0.333 bits per heavy atom. The van der Waals surface area contributed by atoms with E-state index in [1.54, 1.807) is 0 Å². The van der Waals surface area contributed by atoms with Crippen molar-refractivity contribution in [3.8, 4) is 23.0 Å². The summed E-state index contributed by atoms with van der Waals surface area (Å²) in [5.74, 6) is 3.86. The zero-order valence-electron chi connectivity index (χ0n) is 33.3. The molecular weight excluding hydrogens is 779 g/mol. The summed E-state index contributed by atoms with van der Waals surface area (Å²) in [5.41, 5.74) is 9.49. The van der Waals surface area contributed by atoms with Gasteiger partial charge in [-0.3, -0.25) is 0 Å². The molecule has 0 spiro atoms. The molecule has 0 bridgehead atoms. The van der Waals surface area contributed by atoms with Gasteiger partial charge in [0.25, 0.3) is 0 Å². The molecule has 0 unspecified atom stereocenters. The maximum Gasteiger partial charge on any atom is 0.161 e. The number of anilines is 2. The summed E-state index contributed by atoms with van der Waals surface area (Å²) in [6.07, 6.45) is 10.4. The van der Waals surface area contributed by atoms with E-state index >= 15 is 0 Å². The van der Waals surface area contributed by atoms with Crippen molar-refractivity contribution in [2.45, 2.75) is 82.1 Å². The van der Waals surface area contributed by atoms with E-state index in [4.69, 9.17) is 18.9 Å². The molecule has 7 nitrogen and oxygen atoms in total. The molecule has 63 heavy (non-hydrogen) atoms. The molecule has 0 aliphatic carbocycles. The number of benzene rings is 6. The van der Waals surface area contributed by atoms with Gasteiger partial charge in [0.05, 0.1) is 13.2 Å². The van der Waals surface area contributed by atoms with Crippen molar-refractivity contribution < 1.29 is 18.9 Å². The highest BCUT2D eigenvalue weighted by Crippen LogP contribution is 2.29. The Kier molecular flexibility index (Phi) is 24.3. The van der Waals surface area contributed by atoms with Crippen LogP contribution in [0.4, 0.5) is 11.4 Å². The number of nitrogens with one attached hydrogen (secondary N) is 3. The molecule has 5 aliphatic heterocycles. The molecule has 338 valence electrons. The van der Waals surface area contributed by atoms with Crippen LogP contribution in [0.5, 0.6) is 23.0 Å². The second-order valence-corrected chi connectivity index (χ2v) is 14.3. The van der Waals surface area contributed by atoms with Crippen molar-refractivity contribution in [2.24, 2.45) is 0 Å². The van der Waals surface area contributed by atoms with Gasteiger partial charge in [0.1, 0.15) is 24.7 Å². The van der Waals surface area contributed by atoms with Crippen molar-refractivity contribution in [3.63, 3.8) is 0 Å². The van der Waals surface area contributed by atoms with Crippen LogP contribution in [0.15, 0.2) is 158 Å². The van der Waals surface area contributed by atoms with Gasteiger partial charge in [0, 0.05) is 42.6 Å². The van der Waals surface area contributed by atoms with Crippen LogP contribution in [0.1, 0.15) is 78.6 Å². The van der Waals surface area contributed by atoms with E-state index in [1.807, 2.05) is 72.9 Å². The van der Waals surface area contributed by atoms with Gasteiger partial charge >= 0.3 is 0 Å². The first kappa shape index (κ1) is 52.8. The molecule has 0 amide bonds. The largest absolute Gasteiger partial charge is 0.493 e. The van der Waals surface area contributed by atoms with Crippen LogP contribution >= 0.6 is 0 Å². The molecule has 0 atom stereocenters. The summed E-state index contributed by atoms with van der Waals surface area (Å²) in [7, 11) is 0. The average Bonchev–Trinajstić information content (AvgIpc) is 4.01. The van der Waals surface area contributed by atoms with Gasteiger partial charge in [-0.05, 0) is 115 Å². The number of ether oxygens (including phenoxy) is 4. The Balaban J connectivity index is 0.000000256. The number of hydrogen-bond acceptors (Lipinski definition) is 6. The van der Waals surface area contributed by atoms with Gasteiger partial charge in [0.15, 0.2) is 11.5 Å². The molecule has 12 rings (SSSR count). The molecule has 6 aromatic carbocycles. The lowest BCUT2D eigenvalue weighted by Gasteiger charge is -2.17. The van der Waals surface area contributed by atoms with Crippen LogP contribution in [-0.4, -0.2) is 44.5 Å². The predicted octanol–water partition coefficient (Wildman–Crippen LogP) is 14.5. The van der Waals surface area contributed by atoms with Crippen molar-refractivity contribution in [1.82, 2.24) is 4.98 Å². The summed E-state index contributed by atoms with van der Waals surface area (Å²) in [4.78, 5) is 3.12. The van der Waals surface area contributed by atoms with Crippen LogP contribution in [0.3, 0.4) is 0 Å². The predicted molar refractivity (Wildman–Crippen MR) is 272 cm³/mol. The molecule has 0 fully saturated rings. The standard InChI is InChI=1S/2C9H11N.C9H10O.C8H7N.C8H8O2.C8H8O.5CH4/c3*1-2-6-9-8(4-1)5-3-7-10-9;1-2-4-8-7(3-1)5-6-9-8;1-2-4-8-7(3-1)9-5-6-10-8;1-2-4-8-7(3-1)5-6-9-8;;;;;/h2*1-2,4,6,10H,3,5,7H2;1-2,4,6H,3,5,7H2;1-6,9H;1-4H,5-6H2;1-4H,5-6H2;5*1H4. The number of H-pyrrole nitrogens is 1. The first-order valence-corrected chi connectivity index (χ1v) is 20.7. The van der Waals surface area contributed by atoms with Crippen LogP contribution in [0, 0.1) is 0 Å². The van der Waals surface area contributed by atoms with E-state index in [0.717, 1.165) is 62.1 Å². The zero-order chi connectivity index (χ0) is 39.5. The van der Waals surface area contributed by atoms with E-state index in [-0.39, 0.29) is 37.1 Å². The monoisotopic (exact) mass is 854 g/mol. The minimum absolute atomic E-state index is 0. The third-order valence-corrected chi connectivity index (χ3v) is 10.2. The first-order valence-electron chi connectivity index (χ1n) is 20.7. The topological polar surface area (TPSA) is 76.8 Å². The van der Waals surface area contributed by atoms with Crippen LogP contribution in [-0.2, 0) is 25.7 Å².